The third-order valence-corrected chi connectivity index (χ3v) is 10.3. The molecule has 5 nitrogen and oxygen atoms in total. The first-order valence-electron chi connectivity index (χ1n) is 17.5. The summed E-state index contributed by atoms with van der Waals surface area (Å²) in [4.78, 5) is 10.5. The molecule has 1 N–H and O–H groups in total. The fraction of sp³-hybridized carbons (Fsp3) is 0.0213. The lowest BCUT2D eigenvalue weighted by molar-refractivity contribution is 0.668. The quantitative estimate of drug-likeness (QED) is 0.203. The number of hydrogen-bond acceptors (Lipinski definition) is 5. The Balaban J connectivity index is 1.12. The normalized spacial score (nSPS) is 14.7. The molecule has 3 heterocycles. The molecule has 5 heteroatoms. The van der Waals surface area contributed by atoms with Crippen LogP contribution in [0, 0.1) is 0 Å². The van der Waals surface area contributed by atoms with Gasteiger partial charge in [0, 0.05) is 38.2 Å². The maximum Gasteiger partial charge on any atom is 0.159 e. The molecule has 0 saturated carbocycles. The van der Waals surface area contributed by atoms with E-state index in [1.54, 1.807) is 0 Å². The highest BCUT2D eigenvalue weighted by atomic mass is 16.3. The van der Waals surface area contributed by atoms with Crippen LogP contribution < -0.4 is 5.32 Å². The Morgan fingerprint density at radius 2 is 1.10 bits per heavy atom. The minimum atomic E-state index is -0.358. The molecule has 0 saturated heterocycles. The van der Waals surface area contributed by atoms with Gasteiger partial charge in [-0.25, -0.2) is 9.98 Å². The predicted octanol–water partition coefficient (Wildman–Crippen LogP) is 12.0. The summed E-state index contributed by atoms with van der Waals surface area (Å²) in [6.07, 6.45) is -0.358. The first kappa shape index (κ1) is 28.8. The zero-order chi connectivity index (χ0) is 34.2. The molecule has 1 unspecified atom stereocenters. The Labute approximate surface area is 298 Å². The number of furan rings is 2. The second-order valence-electron chi connectivity index (χ2n) is 13.4. The van der Waals surface area contributed by atoms with Crippen LogP contribution in [0.2, 0.25) is 0 Å². The van der Waals surface area contributed by atoms with E-state index in [0.717, 1.165) is 82.9 Å². The van der Waals surface area contributed by atoms with E-state index in [0.29, 0.717) is 5.84 Å². The van der Waals surface area contributed by atoms with Crippen molar-refractivity contribution in [3.63, 3.8) is 0 Å². The fourth-order valence-electron chi connectivity index (χ4n) is 7.74. The van der Waals surface area contributed by atoms with Crippen LogP contribution in [-0.4, -0.2) is 11.7 Å². The van der Waals surface area contributed by atoms with Gasteiger partial charge in [-0.2, -0.15) is 0 Å². The van der Waals surface area contributed by atoms with Crippen molar-refractivity contribution < 1.29 is 8.83 Å². The van der Waals surface area contributed by atoms with Gasteiger partial charge in [0.2, 0.25) is 0 Å². The summed E-state index contributed by atoms with van der Waals surface area (Å²) < 4.78 is 12.9. The highest BCUT2D eigenvalue weighted by molar-refractivity contribution is 6.24. The molecule has 10 aromatic rings. The number of nitrogens with one attached hydrogen (secondary N) is 1. The van der Waals surface area contributed by atoms with Crippen molar-refractivity contribution in [3.05, 3.63) is 180 Å². The molecule has 0 fully saturated rings. The lowest BCUT2D eigenvalue weighted by atomic mass is 9.96. The van der Waals surface area contributed by atoms with Crippen LogP contribution in [0.15, 0.2) is 183 Å². The largest absolute Gasteiger partial charge is 0.456 e. The molecule has 1 atom stereocenters. The summed E-state index contributed by atoms with van der Waals surface area (Å²) >= 11 is 0. The maximum absolute atomic E-state index is 6.73. The summed E-state index contributed by atoms with van der Waals surface area (Å²) in [7, 11) is 0. The SMILES string of the molecule is c1ccc2cc(C3=NC(c4ccc5ccccc5c4)NC(c4ccc(-c5ccc6oc7ccccc7c6c5)c5oc6ccccc6c45)=N3)ccc2c1. The highest BCUT2D eigenvalue weighted by Crippen LogP contribution is 2.41. The first-order chi connectivity index (χ1) is 25.7. The van der Waals surface area contributed by atoms with Gasteiger partial charge in [0.25, 0.3) is 0 Å². The van der Waals surface area contributed by atoms with Crippen molar-refractivity contribution in [2.24, 2.45) is 9.98 Å². The Morgan fingerprint density at radius 1 is 0.462 bits per heavy atom. The van der Waals surface area contributed by atoms with Gasteiger partial charge in [-0.05, 0) is 81.2 Å². The number of rotatable bonds is 4. The number of fused-ring (bicyclic) bond motifs is 8. The van der Waals surface area contributed by atoms with Crippen LogP contribution >= 0.6 is 0 Å². The highest BCUT2D eigenvalue weighted by Gasteiger charge is 2.26. The van der Waals surface area contributed by atoms with Crippen molar-refractivity contribution in [2.45, 2.75) is 6.17 Å². The Hall–Kier alpha value is -6.98. The van der Waals surface area contributed by atoms with Crippen LogP contribution in [0.4, 0.5) is 0 Å². The van der Waals surface area contributed by atoms with Crippen LogP contribution in [0.1, 0.15) is 22.9 Å². The van der Waals surface area contributed by atoms with E-state index in [1.165, 1.54) is 16.2 Å². The number of aliphatic imine (C=N–C) groups is 2. The van der Waals surface area contributed by atoms with Crippen LogP contribution in [0.25, 0.3) is 76.5 Å². The molecular formula is C47H29N3O2. The fourth-order valence-corrected chi connectivity index (χ4v) is 7.74. The zero-order valence-electron chi connectivity index (χ0n) is 27.9. The Kier molecular flexibility index (Phi) is 6.25. The number of amidine groups is 2. The van der Waals surface area contributed by atoms with Crippen molar-refractivity contribution in [2.75, 3.05) is 0 Å². The van der Waals surface area contributed by atoms with E-state index < -0.39 is 0 Å². The molecule has 52 heavy (non-hydrogen) atoms. The van der Waals surface area contributed by atoms with Gasteiger partial charge in [0.1, 0.15) is 34.3 Å². The summed E-state index contributed by atoms with van der Waals surface area (Å²) in [5.74, 6) is 1.43. The zero-order valence-corrected chi connectivity index (χ0v) is 27.9. The molecule has 8 aromatic carbocycles. The maximum atomic E-state index is 6.73. The first-order valence-corrected chi connectivity index (χ1v) is 17.5. The average molecular weight is 668 g/mol. The molecule has 11 rings (SSSR count). The molecule has 1 aliphatic heterocycles. The summed E-state index contributed by atoms with van der Waals surface area (Å²) in [5, 5.41) is 12.6. The van der Waals surface area contributed by atoms with Crippen molar-refractivity contribution >= 4 is 77.1 Å². The van der Waals surface area contributed by atoms with Crippen LogP contribution in [0.3, 0.4) is 0 Å². The molecule has 0 amide bonds. The monoisotopic (exact) mass is 667 g/mol. The minimum Gasteiger partial charge on any atom is -0.456 e. The second-order valence-corrected chi connectivity index (χ2v) is 13.4. The van der Waals surface area contributed by atoms with Crippen molar-refractivity contribution in [1.82, 2.24) is 5.32 Å². The molecule has 0 spiro atoms. The van der Waals surface area contributed by atoms with E-state index in [-0.39, 0.29) is 6.17 Å². The topological polar surface area (TPSA) is 63.0 Å². The van der Waals surface area contributed by atoms with Crippen LogP contribution in [0.5, 0.6) is 0 Å². The lowest BCUT2D eigenvalue weighted by Crippen LogP contribution is -2.33. The van der Waals surface area contributed by atoms with Gasteiger partial charge in [-0.15, -0.1) is 0 Å². The standard InChI is InChI=1S/C47H29N3O2/c1-3-11-30-25-33(19-17-28(30)9-1)45-48-46(34-20-18-29-10-2-4-12-31(29)26-34)50-47(49-45)38-23-22-35(44-43(38)37-14-6-8-16-41(37)52-44)32-21-24-42-39(27-32)36-13-5-7-15-40(36)51-42/h1-27,45H,(H,48,49,50). The summed E-state index contributed by atoms with van der Waals surface area (Å²) in [6, 6.07) is 56.9. The molecule has 2 aromatic heterocycles. The molecule has 0 aliphatic carbocycles. The number of para-hydroxylation sites is 2. The average Bonchev–Trinajstić information content (AvgIpc) is 3.79. The van der Waals surface area contributed by atoms with Crippen molar-refractivity contribution in [3.8, 4) is 11.1 Å². The molecule has 0 bridgehead atoms. The van der Waals surface area contributed by atoms with Crippen molar-refractivity contribution in [1.29, 1.82) is 0 Å². The lowest BCUT2D eigenvalue weighted by Gasteiger charge is -2.24. The molecular weight excluding hydrogens is 639 g/mol. The number of nitrogens with zero attached hydrogens (tertiary/aromatic N) is 2. The smallest absolute Gasteiger partial charge is 0.159 e. The van der Waals surface area contributed by atoms with Gasteiger partial charge in [-0.3, -0.25) is 0 Å². The predicted molar refractivity (Wildman–Crippen MR) is 213 cm³/mol. The molecule has 0 radical (unpaired) electrons. The van der Waals surface area contributed by atoms with E-state index in [9.17, 15) is 0 Å². The summed E-state index contributed by atoms with van der Waals surface area (Å²) in [5.41, 5.74) is 8.43. The number of hydrogen-bond donors (Lipinski definition) is 1. The molecule has 1 aliphatic rings. The van der Waals surface area contributed by atoms with Gasteiger partial charge in [0.15, 0.2) is 5.84 Å². The van der Waals surface area contributed by atoms with Gasteiger partial charge in [-0.1, -0.05) is 115 Å². The van der Waals surface area contributed by atoms with Gasteiger partial charge < -0.3 is 14.2 Å². The number of benzene rings is 8. The second kappa shape index (κ2) is 11.3. The molecule has 244 valence electrons. The van der Waals surface area contributed by atoms with E-state index in [2.05, 4.69) is 145 Å². The van der Waals surface area contributed by atoms with Gasteiger partial charge >= 0.3 is 0 Å². The van der Waals surface area contributed by atoms with E-state index >= 15 is 0 Å². The van der Waals surface area contributed by atoms with Gasteiger partial charge in [0.05, 0.1) is 0 Å². The third kappa shape index (κ3) is 4.56. The Morgan fingerprint density at radius 3 is 1.92 bits per heavy atom. The third-order valence-electron chi connectivity index (χ3n) is 10.3. The van der Waals surface area contributed by atoms with Crippen LogP contribution in [-0.2, 0) is 0 Å². The van der Waals surface area contributed by atoms with E-state index in [4.69, 9.17) is 18.8 Å². The Bertz CT molecular complexity index is 3130. The minimum absolute atomic E-state index is 0.358. The summed E-state index contributed by atoms with van der Waals surface area (Å²) in [6.45, 7) is 0. The van der Waals surface area contributed by atoms with E-state index in [1.807, 2.05) is 24.3 Å².